The maximum Gasteiger partial charge on any atom is 0.168 e. The minimum Gasteiger partial charge on any atom is -0.497 e. The topological polar surface area (TPSA) is 66.2 Å². The number of allylic oxidation sites excluding steroid dienone is 1. The van der Waals surface area contributed by atoms with E-state index in [9.17, 15) is 4.79 Å². The molecule has 0 spiro atoms. The Kier molecular flexibility index (Phi) is 5.48. The third-order valence-electron chi connectivity index (χ3n) is 3.79. The smallest absolute Gasteiger partial charge is 0.168 e. The summed E-state index contributed by atoms with van der Waals surface area (Å²) < 4.78 is 12.3. The van der Waals surface area contributed by atoms with E-state index >= 15 is 0 Å². The lowest BCUT2D eigenvalue weighted by atomic mass is 9.94. The number of hydrogen-bond donors (Lipinski definition) is 0. The van der Waals surface area contributed by atoms with Crippen LogP contribution in [-0.4, -0.2) is 34.8 Å². The molecule has 1 heterocycles. The van der Waals surface area contributed by atoms with Gasteiger partial charge in [-0.15, -0.1) is 0 Å². The number of rotatable bonds is 7. The molecular weight excluding hydrogens is 318 g/mol. The maximum absolute atomic E-state index is 12.9. The number of benzene rings is 1. The van der Waals surface area contributed by atoms with Gasteiger partial charge in [-0.2, -0.15) is 5.10 Å². The third kappa shape index (κ3) is 4.07. The zero-order valence-corrected chi connectivity index (χ0v) is 14.0. The summed E-state index contributed by atoms with van der Waals surface area (Å²) in [5, 5.41) is 4.09. The predicted molar refractivity (Wildman–Crippen MR) is 93.0 cm³/mol. The van der Waals surface area contributed by atoms with Crippen LogP contribution in [0.15, 0.2) is 36.4 Å². The molecule has 25 heavy (non-hydrogen) atoms. The number of carbonyl (C=O) groups excluding carboxylic acids is 1. The second-order valence-electron chi connectivity index (χ2n) is 5.37. The number of nitrogens with zero attached hydrogens (tertiary/aromatic N) is 3. The summed E-state index contributed by atoms with van der Waals surface area (Å²) in [4.78, 5) is 16.8. The van der Waals surface area contributed by atoms with Crippen LogP contribution in [0.4, 0.5) is 0 Å². The van der Waals surface area contributed by atoms with Gasteiger partial charge >= 0.3 is 0 Å². The molecular formula is C19H18N3O3. The number of Topliss-reactive ketones (excluding diaryl/α,β-unsaturated/α-hetero) is 1. The van der Waals surface area contributed by atoms with Crippen LogP contribution in [0, 0.1) is 31.6 Å². The van der Waals surface area contributed by atoms with Crippen LogP contribution in [-0.2, 0) is 11.3 Å². The summed E-state index contributed by atoms with van der Waals surface area (Å²) >= 11 is 0. The zero-order valence-electron chi connectivity index (χ0n) is 14.0. The third-order valence-corrected chi connectivity index (χ3v) is 3.79. The molecule has 0 bridgehead atoms. The molecule has 2 aromatic rings. The lowest BCUT2D eigenvalue weighted by Crippen LogP contribution is -2.17. The lowest BCUT2D eigenvalue weighted by Gasteiger charge is -2.13. The quantitative estimate of drug-likeness (QED) is 0.726. The van der Waals surface area contributed by atoms with E-state index in [4.69, 9.17) is 9.47 Å². The SMILES string of the molecule is COc1ccc(/C=C(\Cn2cncn2)C(=O)[C]2[CH][CH][CH][CH]2)c(OC)c1. The van der Waals surface area contributed by atoms with E-state index in [0.29, 0.717) is 29.5 Å². The molecule has 0 amide bonds. The fourth-order valence-corrected chi connectivity index (χ4v) is 2.51. The van der Waals surface area contributed by atoms with Crippen molar-refractivity contribution in [2.24, 2.45) is 0 Å². The molecule has 6 heteroatoms. The van der Waals surface area contributed by atoms with Crippen molar-refractivity contribution in [2.45, 2.75) is 6.54 Å². The van der Waals surface area contributed by atoms with Gasteiger partial charge in [0.2, 0.25) is 0 Å². The molecule has 127 valence electrons. The molecule has 0 aliphatic heterocycles. The monoisotopic (exact) mass is 336 g/mol. The van der Waals surface area contributed by atoms with Gasteiger partial charge in [0.05, 0.1) is 26.7 Å². The van der Waals surface area contributed by atoms with Crippen LogP contribution < -0.4 is 9.47 Å². The van der Waals surface area contributed by atoms with Gasteiger partial charge in [-0.1, -0.05) is 0 Å². The Balaban J connectivity index is 1.95. The van der Waals surface area contributed by atoms with Crippen molar-refractivity contribution >= 4 is 11.9 Å². The van der Waals surface area contributed by atoms with E-state index < -0.39 is 0 Å². The first-order valence-electron chi connectivity index (χ1n) is 7.72. The Morgan fingerprint density at radius 1 is 1.20 bits per heavy atom. The Labute approximate surface area is 147 Å². The molecule has 3 rings (SSSR count). The van der Waals surface area contributed by atoms with Crippen LogP contribution >= 0.6 is 0 Å². The molecule has 1 aromatic carbocycles. The second kappa shape index (κ2) is 7.96. The average Bonchev–Trinajstić information content (AvgIpc) is 3.34. The van der Waals surface area contributed by atoms with E-state index in [1.807, 2.05) is 31.1 Å². The van der Waals surface area contributed by atoms with E-state index in [0.717, 1.165) is 5.56 Å². The minimum atomic E-state index is -0.0571. The Morgan fingerprint density at radius 3 is 2.64 bits per heavy atom. The van der Waals surface area contributed by atoms with Gasteiger partial charge in [0.1, 0.15) is 24.2 Å². The fraction of sp³-hybridized carbons (Fsp3) is 0.158. The molecule has 1 aromatic heterocycles. The van der Waals surface area contributed by atoms with Crippen molar-refractivity contribution in [1.82, 2.24) is 14.8 Å². The van der Waals surface area contributed by atoms with Crippen LogP contribution in [0.5, 0.6) is 11.5 Å². The summed E-state index contributed by atoms with van der Waals surface area (Å²) in [6, 6.07) is 5.47. The van der Waals surface area contributed by atoms with Crippen LogP contribution in [0.25, 0.3) is 6.08 Å². The Hall–Kier alpha value is -2.63. The highest BCUT2D eigenvalue weighted by Crippen LogP contribution is 2.30. The summed E-state index contributed by atoms with van der Waals surface area (Å²) in [7, 11) is 3.18. The van der Waals surface area contributed by atoms with E-state index in [2.05, 4.69) is 10.1 Å². The summed E-state index contributed by atoms with van der Waals surface area (Å²) in [5.74, 6) is 1.90. The fourth-order valence-electron chi connectivity index (χ4n) is 2.51. The number of hydrogen-bond acceptors (Lipinski definition) is 5. The molecule has 0 unspecified atom stereocenters. The first kappa shape index (κ1) is 17.2. The van der Waals surface area contributed by atoms with Gasteiger partial charge in [0.25, 0.3) is 0 Å². The van der Waals surface area contributed by atoms with Crippen LogP contribution in [0.2, 0.25) is 0 Å². The highest BCUT2D eigenvalue weighted by atomic mass is 16.5. The normalized spacial score (nSPS) is 15.4. The average molecular weight is 336 g/mol. The summed E-state index contributed by atoms with van der Waals surface area (Å²) in [6.07, 6.45) is 12.1. The molecule has 1 aliphatic rings. The first-order chi connectivity index (χ1) is 12.2. The van der Waals surface area contributed by atoms with Gasteiger partial charge in [-0.3, -0.25) is 4.79 Å². The van der Waals surface area contributed by atoms with Crippen molar-refractivity contribution in [3.05, 3.63) is 73.6 Å². The molecule has 0 atom stereocenters. The van der Waals surface area contributed by atoms with Gasteiger partial charge in [-0.25, -0.2) is 9.67 Å². The van der Waals surface area contributed by atoms with Gasteiger partial charge < -0.3 is 9.47 Å². The maximum atomic E-state index is 12.9. The predicted octanol–water partition coefficient (Wildman–Crippen LogP) is 2.35. The van der Waals surface area contributed by atoms with E-state index in [1.165, 1.54) is 6.33 Å². The van der Waals surface area contributed by atoms with Crippen LogP contribution in [0.3, 0.4) is 0 Å². The van der Waals surface area contributed by atoms with Gasteiger partial charge in [0, 0.05) is 17.2 Å². The number of ketones is 1. The summed E-state index contributed by atoms with van der Waals surface area (Å²) in [6.45, 7) is 0.319. The van der Waals surface area contributed by atoms with Crippen molar-refractivity contribution in [2.75, 3.05) is 14.2 Å². The lowest BCUT2D eigenvalue weighted by molar-refractivity contribution is -0.113. The standard InChI is InChI=1S/C19H18N3O3/c1-24-17-8-7-15(18(10-17)25-2)9-16(11-22-13-20-12-21-22)19(23)14-5-3-4-6-14/h3-10,12-13H,11H2,1-2H3/b16-9+. The highest BCUT2D eigenvalue weighted by Gasteiger charge is 2.27. The second-order valence-corrected chi connectivity index (χ2v) is 5.37. The number of methoxy groups -OCH3 is 2. The van der Waals surface area contributed by atoms with Crippen molar-refractivity contribution in [3.63, 3.8) is 0 Å². The van der Waals surface area contributed by atoms with Gasteiger partial charge in [0.15, 0.2) is 5.78 Å². The number of aromatic nitrogens is 3. The zero-order chi connectivity index (χ0) is 17.6. The molecule has 1 fully saturated rings. The van der Waals surface area contributed by atoms with Crippen LogP contribution in [0.1, 0.15) is 5.56 Å². The Morgan fingerprint density at radius 2 is 2.00 bits per heavy atom. The molecule has 0 N–H and O–H groups in total. The van der Waals surface area contributed by atoms with Crippen molar-refractivity contribution in [1.29, 1.82) is 0 Å². The summed E-state index contributed by atoms with van der Waals surface area (Å²) in [5.41, 5.74) is 1.37. The Bertz CT molecular complexity index is 747. The number of carbonyl (C=O) groups is 1. The number of ether oxygens (including phenoxy) is 2. The molecule has 5 radical (unpaired) electrons. The highest BCUT2D eigenvalue weighted by molar-refractivity contribution is 6.11. The van der Waals surface area contributed by atoms with Crippen molar-refractivity contribution < 1.29 is 14.3 Å². The first-order valence-corrected chi connectivity index (χ1v) is 7.72. The minimum absolute atomic E-state index is 0.0571. The van der Waals surface area contributed by atoms with E-state index in [1.54, 1.807) is 44.1 Å². The largest absolute Gasteiger partial charge is 0.497 e. The molecule has 1 saturated carbocycles. The van der Waals surface area contributed by atoms with Gasteiger partial charge in [-0.05, 0) is 43.9 Å². The van der Waals surface area contributed by atoms with Crippen molar-refractivity contribution in [3.8, 4) is 11.5 Å². The molecule has 0 saturated heterocycles. The van der Waals surface area contributed by atoms with E-state index in [-0.39, 0.29) is 5.78 Å². The molecule has 1 aliphatic carbocycles. The molecule has 6 nitrogen and oxygen atoms in total.